The lowest BCUT2D eigenvalue weighted by molar-refractivity contribution is -0.0200. The van der Waals surface area contributed by atoms with Gasteiger partial charge in [0.25, 0.3) is 5.92 Å². The molecule has 0 atom stereocenters. The topological polar surface area (TPSA) is 26.3 Å². The molecule has 1 aliphatic rings. The van der Waals surface area contributed by atoms with E-state index < -0.39 is 17.2 Å². The van der Waals surface area contributed by atoms with Crippen LogP contribution in [0.2, 0.25) is 0 Å². The average Bonchev–Trinajstić information content (AvgIpc) is 3.38. The quantitative estimate of drug-likeness (QED) is 0.608. The summed E-state index contributed by atoms with van der Waals surface area (Å²) >= 11 is 0. The van der Waals surface area contributed by atoms with Crippen LogP contribution < -0.4 is 4.74 Å². The Bertz CT molecular complexity index is 788. The molecular formula is C20H19F3O2. The Kier molecular flexibility index (Phi) is 4.35. The number of hydrogen-bond donors (Lipinski definition) is 0. The fourth-order valence-electron chi connectivity index (χ4n) is 3.03. The molecule has 0 amide bonds. The summed E-state index contributed by atoms with van der Waals surface area (Å²) in [5.41, 5.74) is -0.394. The summed E-state index contributed by atoms with van der Waals surface area (Å²) in [7, 11) is 0. The first kappa shape index (κ1) is 17.5. The predicted molar refractivity (Wildman–Crippen MR) is 89.1 cm³/mol. The second-order valence-electron chi connectivity index (χ2n) is 6.52. The second kappa shape index (κ2) is 6.21. The molecule has 25 heavy (non-hydrogen) atoms. The molecule has 2 aromatic rings. The van der Waals surface area contributed by atoms with Crippen LogP contribution in [-0.2, 0) is 5.41 Å². The highest BCUT2D eigenvalue weighted by molar-refractivity contribution is 5.95. The minimum Gasteiger partial charge on any atom is -0.454 e. The van der Waals surface area contributed by atoms with E-state index in [2.05, 4.69) is 0 Å². The predicted octanol–water partition coefficient (Wildman–Crippen LogP) is 5.90. The molecule has 0 spiro atoms. The SMILES string of the molecule is CCC(=O)c1ccc(Oc2ccc(C3(C(C)(F)F)CC3)cc2F)cc1. The zero-order valence-electron chi connectivity index (χ0n) is 14.1. The highest BCUT2D eigenvalue weighted by Gasteiger charge is 2.60. The summed E-state index contributed by atoms with van der Waals surface area (Å²) in [5, 5.41) is 0. The molecule has 2 aromatic carbocycles. The first-order valence-corrected chi connectivity index (χ1v) is 8.26. The van der Waals surface area contributed by atoms with Crippen molar-refractivity contribution >= 4 is 5.78 Å². The van der Waals surface area contributed by atoms with Crippen molar-refractivity contribution in [2.45, 2.75) is 44.4 Å². The maximum Gasteiger partial charge on any atom is 0.254 e. The summed E-state index contributed by atoms with van der Waals surface area (Å²) in [5.74, 6) is -3.21. The summed E-state index contributed by atoms with van der Waals surface area (Å²) in [6.07, 6.45) is 1.10. The van der Waals surface area contributed by atoms with Crippen molar-refractivity contribution in [3.05, 3.63) is 59.4 Å². The van der Waals surface area contributed by atoms with Gasteiger partial charge < -0.3 is 4.74 Å². The third kappa shape index (κ3) is 3.28. The lowest BCUT2D eigenvalue weighted by Crippen LogP contribution is -2.30. The molecule has 1 fully saturated rings. The van der Waals surface area contributed by atoms with Crippen molar-refractivity contribution in [1.82, 2.24) is 0 Å². The number of halogens is 3. The van der Waals surface area contributed by atoms with Gasteiger partial charge in [-0.05, 0) is 54.8 Å². The third-order valence-corrected chi connectivity index (χ3v) is 4.80. The zero-order chi connectivity index (χ0) is 18.2. The molecule has 0 saturated heterocycles. The van der Waals surface area contributed by atoms with Gasteiger partial charge in [-0.3, -0.25) is 4.79 Å². The van der Waals surface area contributed by atoms with Crippen LogP contribution in [0.5, 0.6) is 11.5 Å². The van der Waals surface area contributed by atoms with Gasteiger partial charge in [-0.2, -0.15) is 0 Å². The number of ether oxygens (including phenoxy) is 1. The molecule has 132 valence electrons. The van der Waals surface area contributed by atoms with Crippen molar-refractivity contribution < 1.29 is 22.7 Å². The number of ketones is 1. The average molecular weight is 348 g/mol. The normalized spacial score (nSPS) is 15.7. The first-order valence-electron chi connectivity index (χ1n) is 8.26. The van der Waals surface area contributed by atoms with Crippen LogP contribution in [0.3, 0.4) is 0 Å². The molecule has 1 aliphatic carbocycles. The maximum absolute atomic E-state index is 14.3. The Balaban J connectivity index is 1.79. The Labute approximate surface area is 144 Å². The van der Waals surface area contributed by atoms with E-state index in [1.165, 1.54) is 12.1 Å². The number of benzene rings is 2. The van der Waals surface area contributed by atoms with Crippen LogP contribution in [0.25, 0.3) is 0 Å². The smallest absolute Gasteiger partial charge is 0.254 e. The number of carbonyl (C=O) groups is 1. The van der Waals surface area contributed by atoms with Crippen molar-refractivity contribution in [2.24, 2.45) is 0 Å². The molecule has 0 aromatic heterocycles. The van der Waals surface area contributed by atoms with Crippen LogP contribution in [0, 0.1) is 5.82 Å². The van der Waals surface area contributed by atoms with Gasteiger partial charge in [0.15, 0.2) is 17.3 Å². The fourth-order valence-corrected chi connectivity index (χ4v) is 3.03. The number of alkyl halides is 2. The molecule has 0 aliphatic heterocycles. The molecule has 0 unspecified atom stereocenters. The van der Waals surface area contributed by atoms with E-state index in [0.29, 0.717) is 36.1 Å². The minimum absolute atomic E-state index is 0.0114. The third-order valence-electron chi connectivity index (χ3n) is 4.80. The van der Waals surface area contributed by atoms with E-state index in [0.717, 1.165) is 13.0 Å². The fraction of sp³-hybridized carbons (Fsp3) is 0.350. The summed E-state index contributed by atoms with van der Waals surface area (Å²) < 4.78 is 47.4. The molecule has 0 heterocycles. The molecular weight excluding hydrogens is 329 g/mol. The van der Waals surface area contributed by atoms with Crippen LogP contribution in [0.1, 0.15) is 49.0 Å². The Morgan fingerprint density at radius 3 is 2.28 bits per heavy atom. The Hall–Kier alpha value is -2.30. The minimum atomic E-state index is -2.89. The molecule has 3 rings (SSSR count). The van der Waals surface area contributed by atoms with Crippen LogP contribution >= 0.6 is 0 Å². The Morgan fingerprint density at radius 2 is 1.80 bits per heavy atom. The molecule has 0 radical (unpaired) electrons. The number of Topliss-reactive ketones (excluding diaryl/α,β-unsaturated/α-hetero) is 1. The summed E-state index contributed by atoms with van der Waals surface area (Å²) in [4.78, 5) is 11.6. The van der Waals surface area contributed by atoms with Gasteiger partial charge >= 0.3 is 0 Å². The van der Waals surface area contributed by atoms with E-state index in [1.54, 1.807) is 31.2 Å². The number of rotatable bonds is 6. The van der Waals surface area contributed by atoms with E-state index in [1.807, 2.05) is 0 Å². The van der Waals surface area contributed by atoms with Crippen molar-refractivity contribution in [1.29, 1.82) is 0 Å². The van der Waals surface area contributed by atoms with Gasteiger partial charge in [0.05, 0.1) is 5.41 Å². The van der Waals surface area contributed by atoms with E-state index in [4.69, 9.17) is 4.74 Å². The van der Waals surface area contributed by atoms with Crippen molar-refractivity contribution in [3.63, 3.8) is 0 Å². The lowest BCUT2D eigenvalue weighted by Gasteiger charge is -2.23. The zero-order valence-corrected chi connectivity index (χ0v) is 14.1. The molecule has 0 N–H and O–H groups in total. The van der Waals surface area contributed by atoms with Crippen molar-refractivity contribution in [2.75, 3.05) is 0 Å². The highest BCUT2D eigenvalue weighted by Crippen LogP contribution is 2.58. The van der Waals surface area contributed by atoms with Gasteiger partial charge in [-0.15, -0.1) is 0 Å². The van der Waals surface area contributed by atoms with Gasteiger partial charge in [-0.25, -0.2) is 13.2 Å². The van der Waals surface area contributed by atoms with Crippen LogP contribution in [-0.4, -0.2) is 11.7 Å². The first-order chi connectivity index (χ1) is 11.8. The summed E-state index contributed by atoms with van der Waals surface area (Å²) in [6.45, 7) is 2.65. The molecule has 5 heteroatoms. The van der Waals surface area contributed by atoms with Crippen molar-refractivity contribution in [3.8, 4) is 11.5 Å². The molecule has 1 saturated carbocycles. The van der Waals surface area contributed by atoms with Gasteiger partial charge in [-0.1, -0.05) is 13.0 Å². The maximum atomic E-state index is 14.3. The van der Waals surface area contributed by atoms with Gasteiger partial charge in [0.1, 0.15) is 5.75 Å². The van der Waals surface area contributed by atoms with Crippen LogP contribution in [0.15, 0.2) is 42.5 Å². The van der Waals surface area contributed by atoms with E-state index in [-0.39, 0.29) is 11.5 Å². The van der Waals surface area contributed by atoms with E-state index in [9.17, 15) is 18.0 Å². The van der Waals surface area contributed by atoms with E-state index >= 15 is 0 Å². The monoisotopic (exact) mass is 348 g/mol. The van der Waals surface area contributed by atoms with Gasteiger partial charge in [0, 0.05) is 18.9 Å². The largest absolute Gasteiger partial charge is 0.454 e. The molecule has 0 bridgehead atoms. The standard InChI is InChI=1S/C20H19F3O2/c1-3-17(24)13-4-7-15(8-5-13)25-18-9-6-14(12-16(18)21)20(10-11-20)19(2,22)23/h4-9,12H,3,10-11H2,1-2H3. The molecule has 2 nitrogen and oxygen atoms in total. The Morgan fingerprint density at radius 1 is 1.16 bits per heavy atom. The summed E-state index contributed by atoms with van der Waals surface area (Å²) in [6, 6.07) is 10.4. The number of carbonyl (C=O) groups excluding carboxylic acids is 1. The number of hydrogen-bond acceptors (Lipinski definition) is 2. The highest BCUT2D eigenvalue weighted by atomic mass is 19.3. The second-order valence-corrected chi connectivity index (χ2v) is 6.52. The van der Waals surface area contributed by atoms with Gasteiger partial charge in [0.2, 0.25) is 0 Å². The lowest BCUT2D eigenvalue weighted by atomic mass is 9.90. The van der Waals surface area contributed by atoms with Crippen LogP contribution in [0.4, 0.5) is 13.2 Å².